The van der Waals surface area contributed by atoms with E-state index in [1.807, 2.05) is 0 Å². The van der Waals surface area contributed by atoms with Gasteiger partial charge in [0.25, 0.3) is 0 Å². The molecule has 2 atom stereocenters. The van der Waals surface area contributed by atoms with Crippen molar-refractivity contribution in [3.8, 4) is 12.3 Å². The zero-order chi connectivity index (χ0) is 7.49. The molecular weight excluding hydrogens is 116 g/mol. The van der Waals surface area contributed by atoms with Gasteiger partial charge < -0.3 is 10.2 Å². The van der Waals surface area contributed by atoms with Crippen molar-refractivity contribution in [3.05, 3.63) is 0 Å². The Hall–Kier alpha value is -0.520. The Bertz CT molecular complexity index is 121. The highest BCUT2D eigenvalue weighted by atomic mass is 16.3. The Morgan fingerprint density at radius 2 is 2.22 bits per heavy atom. The molecule has 0 aromatic carbocycles. The Morgan fingerprint density at radius 1 is 1.78 bits per heavy atom. The zero-order valence-corrected chi connectivity index (χ0v) is 5.76. The normalized spacial score (nSPS) is 19.9. The van der Waals surface area contributed by atoms with Gasteiger partial charge >= 0.3 is 0 Å². The minimum absolute atomic E-state index is 0.0861. The molecule has 0 heterocycles. The van der Waals surface area contributed by atoms with Gasteiger partial charge in [-0.2, -0.15) is 0 Å². The molecule has 2 nitrogen and oxygen atoms in total. The van der Waals surface area contributed by atoms with E-state index in [0.29, 0.717) is 0 Å². The second kappa shape index (κ2) is 2.86. The van der Waals surface area contributed by atoms with Crippen LogP contribution in [0.15, 0.2) is 0 Å². The Balaban J connectivity index is 4.01. The lowest BCUT2D eigenvalue weighted by molar-refractivity contribution is 0.0340. The smallest absolute Gasteiger partial charge is 0.127 e. The first-order valence-electron chi connectivity index (χ1n) is 2.85. The van der Waals surface area contributed by atoms with Crippen LogP contribution in [0.4, 0.5) is 0 Å². The Labute approximate surface area is 55.5 Å². The van der Waals surface area contributed by atoms with Crippen LogP contribution >= 0.6 is 0 Å². The molecule has 2 heteroatoms. The van der Waals surface area contributed by atoms with E-state index in [0.717, 1.165) is 0 Å². The molecule has 0 rings (SSSR count). The third-order valence-corrected chi connectivity index (χ3v) is 1.53. The highest BCUT2D eigenvalue weighted by Crippen LogP contribution is 2.13. The van der Waals surface area contributed by atoms with Gasteiger partial charge in [0.2, 0.25) is 0 Å². The van der Waals surface area contributed by atoms with Gasteiger partial charge in [0.1, 0.15) is 5.60 Å². The fraction of sp³-hybridized carbons (Fsp3) is 0.714. The first kappa shape index (κ1) is 8.48. The molecule has 0 saturated heterocycles. The van der Waals surface area contributed by atoms with Crippen LogP contribution < -0.4 is 0 Å². The molecule has 0 aromatic heterocycles. The fourth-order valence-corrected chi connectivity index (χ4v) is 0.320. The van der Waals surface area contributed by atoms with Crippen molar-refractivity contribution in [2.75, 3.05) is 6.61 Å². The molecule has 0 aromatic rings. The summed E-state index contributed by atoms with van der Waals surface area (Å²) in [5.74, 6) is 1.93. The van der Waals surface area contributed by atoms with Crippen molar-refractivity contribution in [1.82, 2.24) is 0 Å². The van der Waals surface area contributed by atoms with E-state index in [4.69, 9.17) is 11.5 Å². The average Bonchev–Trinajstić information content (AvgIpc) is 1.86. The van der Waals surface area contributed by atoms with Crippen molar-refractivity contribution >= 4 is 0 Å². The molecule has 0 spiro atoms. The largest absolute Gasteiger partial charge is 0.396 e. The summed E-state index contributed by atoms with van der Waals surface area (Å²) in [6.07, 6.45) is 4.97. The quantitative estimate of drug-likeness (QED) is 0.514. The lowest BCUT2D eigenvalue weighted by Gasteiger charge is -2.22. The summed E-state index contributed by atoms with van der Waals surface area (Å²) in [6, 6.07) is 0. The van der Waals surface area contributed by atoms with Crippen LogP contribution in [0, 0.1) is 18.3 Å². The summed E-state index contributed by atoms with van der Waals surface area (Å²) >= 11 is 0. The van der Waals surface area contributed by atoms with Crippen LogP contribution in [0.1, 0.15) is 13.8 Å². The lowest BCUT2D eigenvalue weighted by atomic mass is 9.93. The predicted octanol–water partition coefficient (Wildman–Crippen LogP) is -0.00100. The standard InChI is InChI=1S/C7H12O2/c1-4-7(3,9)6(2)5-8/h1,6,8-9H,5H2,2-3H3. The van der Waals surface area contributed by atoms with Crippen molar-refractivity contribution in [2.24, 2.45) is 5.92 Å². The molecule has 9 heavy (non-hydrogen) atoms. The van der Waals surface area contributed by atoms with Crippen LogP contribution in [-0.2, 0) is 0 Å². The monoisotopic (exact) mass is 128 g/mol. The molecule has 0 aliphatic carbocycles. The van der Waals surface area contributed by atoms with Crippen molar-refractivity contribution in [2.45, 2.75) is 19.4 Å². The van der Waals surface area contributed by atoms with Gasteiger partial charge in [-0.3, -0.25) is 0 Å². The van der Waals surface area contributed by atoms with Gasteiger partial charge in [-0.15, -0.1) is 6.42 Å². The maximum Gasteiger partial charge on any atom is 0.127 e. The van der Waals surface area contributed by atoms with Gasteiger partial charge in [-0.25, -0.2) is 0 Å². The van der Waals surface area contributed by atoms with E-state index in [-0.39, 0.29) is 12.5 Å². The molecule has 0 aliphatic heterocycles. The first-order valence-corrected chi connectivity index (χ1v) is 2.85. The van der Waals surface area contributed by atoms with Gasteiger partial charge in [-0.1, -0.05) is 12.8 Å². The van der Waals surface area contributed by atoms with Crippen molar-refractivity contribution in [3.63, 3.8) is 0 Å². The molecular formula is C7H12O2. The van der Waals surface area contributed by atoms with Crippen LogP contribution in [0.3, 0.4) is 0 Å². The van der Waals surface area contributed by atoms with Gasteiger partial charge in [0.05, 0.1) is 0 Å². The van der Waals surface area contributed by atoms with Gasteiger partial charge in [0, 0.05) is 12.5 Å². The molecule has 0 aliphatic rings. The molecule has 0 radical (unpaired) electrons. The Morgan fingerprint density at radius 3 is 2.33 bits per heavy atom. The highest BCUT2D eigenvalue weighted by Gasteiger charge is 2.24. The van der Waals surface area contributed by atoms with Crippen LogP contribution in [-0.4, -0.2) is 22.4 Å². The van der Waals surface area contributed by atoms with Gasteiger partial charge in [-0.05, 0) is 6.92 Å². The minimum atomic E-state index is -1.17. The predicted molar refractivity (Wildman–Crippen MR) is 35.7 cm³/mol. The molecule has 52 valence electrons. The van der Waals surface area contributed by atoms with Crippen molar-refractivity contribution in [1.29, 1.82) is 0 Å². The number of hydrogen-bond donors (Lipinski definition) is 2. The molecule has 0 bridgehead atoms. The summed E-state index contributed by atoms with van der Waals surface area (Å²) < 4.78 is 0. The van der Waals surface area contributed by atoms with E-state index in [2.05, 4.69) is 5.92 Å². The van der Waals surface area contributed by atoms with E-state index >= 15 is 0 Å². The number of hydrogen-bond acceptors (Lipinski definition) is 2. The Kier molecular flexibility index (Phi) is 2.69. The molecule has 2 N–H and O–H groups in total. The first-order chi connectivity index (χ1) is 4.04. The van der Waals surface area contributed by atoms with Crippen LogP contribution in [0.25, 0.3) is 0 Å². The van der Waals surface area contributed by atoms with E-state index < -0.39 is 5.60 Å². The van der Waals surface area contributed by atoms with Crippen molar-refractivity contribution < 1.29 is 10.2 Å². The number of aliphatic hydroxyl groups is 2. The molecule has 0 saturated carbocycles. The third kappa shape index (κ3) is 2.05. The topological polar surface area (TPSA) is 40.5 Å². The summed E-state index contributed by atoms with van der Waals surface area (Å²) in [5, 5.41) is 17.7. The average molecular weight is 128 g/mol. The van der Waals surface area contributed by atoms with Crippen LogP contribution in [0.2, 0.25) is 0 Å². The maximum absolute atomic E-state index is 9.20. The summed E-state index contributed by atoms with van der Waals surface area (Å²) in [6.45, 7) is 3.12. The molecule has 0 amide bonds. The maximum atomic E-state index is 9.20. The molecule has 2 unspecified atom stereocenters. The number of aliphatic hydroxyl groups excluding tert-OH is 1. The number of terminal acetylenes is 1. The second-order valence-corrected chi connectivity index (χ2v) is 2.38. The van der Waals surface area contributed by atoms with Crippen LogP contribution in [0.5, 0.6) is 0 Å². The summed E-state index contributed by atoms with van der Waals surface area (Å²) in [7, 11) is 0. The third-order valence-electron chi connectivity index (χ3n) is 1.53. The highest BCUT2D eigenvalue weighted by molar-refractivity contribution is 5.06. The van der Waals surface area contributed by atoms with E-state index in [9.17, 15) is 5.11 Å². The minimum Gasteiger partial charge on any atom is -0.396 e. The lowest BCUT2D eigenvalue weighted by Crippen LogP contribution is -2.32. The van der Waals surface area contributed by atoms with E-state index in [1.165, 1.54) is 6.92 Å². The summed E-state index contributed by atoms with van der Waals surface area (Å²) in [4.78, 5) is 0. The van der Waals surface area contributed by atoms with E-state index in [1.54, 1.807) is 6.92 Å². The SMILES string of the molecule is C#CC(C)(O)C(C)CO. The second-order valence-electron chi connectivity index (χ2n) is 2.38. The zero-order valence-electron chi connectivity index (χ0n) is 5.76. The fourth-order valence-electron chi connectivity index (χ4n) is 0.320. The summed E-state index contributed by atoms with van der Waals surface area (Å²) in [5.41, 5.74) is -1.17. The number of rotatable bonds is 2. The molecule has 0 fully saturated rings. The van der Waals surface area contributed by atoms with Gasteiger partial charge in [0.15, 0.2) is 0 Å².